The van der Waals surface area contributed by atoms with Gasteiger partial charge in [0.15, 0.2) is 0 Å². The summed E-state index contributed by atoms with van der Waals surface area (Å²) in [6, 6.07) is 9.54. The molecule has 0 aliphatic rings. The Morgan fingerprint density at radius 3 is 2.58 bits per heavy atom. The maximum absolute atomic E-state index is 8.65. The maximum atomic E-state index is 8.65. The Morgan fingerprint density at radius 2 is 2.08 bits per heavy atom. The Bertz CT molecular complexity index is 277. The predicted molar refractivity (Wildman–Crippen MR) is 49.6 cm³/mol. The molecule has 0 unspecified atom stereocenters. The Kier molecular flexibility index (Phi) is 3.08. The van der Waals surface area contributed by atoms with E-state index in [4.69, 9.17) is 5.21 Å². The second-order valence-corrected chi connectivity index (χ2v) is 2.41. The zero-order valence-electron chi connectivity index (χ0n) is 6.77. The van der Waals surface area contributed by atoms with Crippen molar-refractivity contribution in [2.45, 2.75) is 6.42 Å². The third-order valence-corrected chi connectivity index (χ3v) is 1.57. The molecule has 0 radical (unpaired) electrons. The number of oxime groups is 1. The molecule has 0 aromatic heterocycles. The Hall–Kier alpha value is -1.57. The van der Waals surface area contributed by atoms with E-state index in [9.17, 15) is 0 Å². The first-order valence-corrected chi connectivity index (χ1v) is 3.75. The van der Waals surface area contributed by atoms with Crippen LogP contribution in [0.3, 0.4) is 0 Å². The van der Waals surface area contributed by atoms with E-state index in [1.165, 1.54) is 0 Å². The predicted octanol–water partition coefficient (Wildman–Crippen LogP) is 2.44. The first kappa shape index (κ1) is 8.53. The zero-order chi connectivity index (χ0) is 8.81. The summed E-state index contributed by atoms with van der Waals surface area (Å²) < 4.78 is 0. The topological polar surface area (TPSA) is 32.6 Å². The van der Waals surface area contributed by atoms with Gasteiger partial charge in [0.25, 0.3) is 0 Å². The Balaban J connectivity index is 2.88. The van der Waals surface area contributed by atoms with E-state index in [0.717, 1.165) is 5.56 Å². The first-order valence-electron chi connectivity index (χ1n) is 3.75. The van der Waals surface area contributed by atoms with Gasteiger partial charge in [0.2, 0.25) is 0 Å². The minimum Gasteiger partial charge on any atom is -0.411 e. The average molecular weight is 161 g/mol. The smallest absolute Gasteiger partial charge is 0.0905 e. The van der Waals surface area contributed by atoms with Gasteiger partial charge in [-0.05, 0) is 5.56 Å². The fraction of sp³-hybridized carbons (Fsp3) is 0.100. The van der Waals surface area contributed by atoms with Crippen LogP contribution in [0.25, 0.3) is 0 Å². The normalized spacial score (nSPS) is 11.2. The number of nitrogens with zero attached hydrogens (tertiary/aromatic N) is 1. The molecular formula is C10H11NO. The molecule has 1 rings (SSSR count). The largest absolute Gasteiger partial charge is 0.411 e. The van der Waals surface area contributed by atoms with Crippen LogP contribution in [-0.4, -0.2) is 10.9 Å². The molecule has 0 aliphatic heterocycles. The van der Waals surface area contributed by atoms with Crippen LogP contribution in [0, 0.1) is 0 Å². The van der Waals surface area contributed by atoms with Gasteiger partial charge < -0.3 is 5.21 Å². The Labute approximate surface area is 71.8 Å². The van der Waals surface area contributed by atoms with Crippen LogP contribution in [0.1, 0.15) is 12.0 Å². The summed E-state index contributed by atoms with van der Waals surface area (Å²) in [7, 11) is 0. The molecular weight excluding hydrogens is 150 g/mol. The molecule has 0 amide bonds. The van der Waals surface area contributed by atoms with Crippen molar-refractivity contribution in [1.82, 2.24) is 0 Å². The van der Waals surface area contributed by atoms with Crippen molar-refractivity contribution in [3.8, 4) is 0 Å². The van der Waals surface area contributed by atoms with E-state index in [2.05, 4.69) is 11.7 Å². The van der Waals surface area contributed by atoms with Gasteiger partial charge in [0, 0.05) is 6.42 Å². The highest BCUT2D eigenvalue weighted by Crippen LogP contribution is 2.04. The summed E-state index contributed by atoms with van der Waals surface area (Å²) in [5.41, 5.74) is 1.57. The first-order chi connectivity index (χ1) is 5.88. The maximum Gasteiger partial charge on any atom is 0.0905 e. The van der Waals surface area contributed by atoms with Crippen LogP contribution in [0.4, 0.5) is 0 Å². The van der Waals surface area contributed by atoms with E-state index < -0.39 is 0 Å². The van der Waals surface area contributed by atoms with Crippen LogP contribution in [-0.2, 0) is 0 Å². The molecule has 62 valence electrons. The van der Waals surface area contributed by atoms with Crippen molar-refractivity contribution in [2.24, 2.45) is 5.16 Å². The minimum absolute atomic E-state index is 0.584. The fourth-order valence-corrected chi connectivity index (χ4v) is 0.984. The van der Waals surface area contributed by atoms with E-state index in [-0.39, 0.29) is 0 Å². The second-order valence-electron chi connectivity index (χ2n) is 2.41. The van der Waals surface area contributed by atoms with Gasteiger partial charge in [-0.3, -0.25) is 0 Å². The molecule has 0 saturated carbocycles. The van der Waals surface area contributed by atoms with Gasteiger partial charge in [-0.15, -0.1) is 6.58 Å². The zero-order valence-corrected chi connectivity index (χ0v) is 6.77. The number of benzene rings is 1. The van der Waals surface area contributed by atoms with Crippen LogP contribution in [0.2, 0.25) is 0 Å². The molecule has 0 bridgehead atoms. The third-order valence-electron chi connectivity index (χ3n) is 1.57. The molecule has 0 atom stereocenters. The Morgan fingerprint density at radius 1 is 1.42 bits per heavy atom. The van der Waals surface area contributed by atoms with Crippen LogP contribution >= 0.6 is 0 Å². The molecule has 1 aromatic rings. The highest BCUT2D eigenvalue weighted by molar-refractivity contribution is 6.00. The molecule has 12 heavy (non-hydrogen) atoms. The van der Waals surface area contributed by atoms with Gasteiger partial charge >= 0.3 is 0 Å². The summed E-state index contributed by atoms with van der Waals surface area (Å²) in [6.45, 7) is 3.58. The highest BCUT2D eigenvalue weighted by Gasteiger charge is 1.99. The van der Waals surface area contributed by atoms with E-state index in [1.807, 2.05) is 30.3 Å². The van der Waals surface area contributed by atoms with Crippen LogP contribution in [0.5, 0.6) is 0 Å². The molecule has 1 N–H and O–H groups in total. The summed E-state index contributed by atoms with van der Waals surface area (Å²) in [5.74, 6) is 0. The summed E-state index contributed by atoms with van der Waals surface area (Å²) in [6.07, 6.45) is 2.29. The fourth-order valence-electron chi connectivity index (χ4n) is 0.984. The molecule has 1 aromatic carbocycles. The van der Waals surface area contributed by atoms with Crippen LogP contribution in [0.15, 0.2) is 48.1 Å². The minimum atomic E-state index is 0.584. The quantitative estimate of drug-likeness (QED) is 0.314. The van der Waals surface area contributed by atoms with E-state index >= 15 is 0 Å². The molecule has 2 nitrogen and oxygen atoms in total. The molecule has 0 fully saturated rings. The van der Waals surface area contributed by atoms with Crippen LogP contribution < -0.4 is 0 Å². The van der Waals surface area contributed by atoms with Gasteiger partial charge in [-0.2, -0.15) is 0 Å². The van der Waals surface area contributed by atoms with Crippen molar-refractivity contribution in [3.05, 3.63) is 48.6 Å². The second kappa shape index (κ2) is 4.34. The monoisotopic (exact) mass is 161 g/mol. The van der Waals surface area contributed by atoms with Crippen molar-refractivity contribution >= 4 is 5.71 Å². The third kappa shape index (κ3) is 1.95. The number of rotatable bonds is 3. The highest BCUT2D eigenvalue weighted by atomic mass is 16.4. The lowest BCUT2D eigenvalue weighted by Gasteiger charge is -1.99. The van der Waals surface area contributed by atoms with Crippen molar-refractivity contribution < 1.29 is 5.21 Å². The molecule has 0 spiro atoms. The average Bonchev–Trinajstić information content (AvgIpc) is 2.15. The van der Waals surface area contributed by atoms with Gasteiger partial charge in [0.1, 0.15) is 0 Å². The van der Waals surface area contributed by atoms with Crippen molar-refractivity contribution in [1.29, 1.82) is 0 Å². The van der Waals surface area contributed by atoms with Crippen molar-refractivity contribution in [3.63, 3.8) is 0 Å². The molecule has 0 aliphatic carbocycles. The number of hydrogen-bond acceptors (Lipinski definition) is 2. The standard InChI is InChI=1S/C10H11NO/c1-2-6-10(11-12)9-7-4-3-5-8-9/h2-5,7-8,12H,1,6H2. The summed E-state index contributed by atoms with van der Waals surface area (Å²) >= 11 is 0. The SMILES string of the molecule is C=CCC(=NO)c1ccccc1. The summed E-state index contributed by atoms with van der Waals surface area (Å²) in [4.78, 5) is 0. The molecule has 0 saturated heterocycles. The number of hydrogen-bond donors (Lipinski definition) is 1. The van der Waals surface area contributed by atoms with E-state index in [1.54, 1.807) is 6.08 Å². The lowest BCUT2D eigenvalue weighted by Crippen LogP contribution is -1.98. The molecule has 0 heterocycles. The van der Waals surface area contributed by atoms with E-state index in [0.29, 0.717) is 12.1 Å². The van der Waals surface area contributed by atoms with Gasteiger partial charge in [-0.1, -0.05) is 41.6 Å². The van der Waals surface area contributed by atoms with Gasteiger partial charge in [-0.25, -0.2) is 0 Å². The number of allylic oxidation sites excluding steroid dienone is 1. The lowest BCUT2D eigenvalue weighted by atomic mass is 10.1. The van der Waals surface area contributed by atoms with Crippen molar-refractivity contribution in [2.75, 3.05) is 0 Å². The van der Waals surface area contributed by atoms with Gasteiger partial charge in [0.05, 0.1) is 5.71 Å². The summed E-state index contributed by atoms with van der Waals surface area (Å²) in [5, 5.41) is 11.8. The molecule has 2 heteroatoms. The lowest BCUT2D eigenvalue weighted by molar-refractivity contribution is 0.318.